The van der Waals surface area contributed by atoms with Gasteiger partial charge in [-0.15, -0.1) is 0 Å². The van der Waals surface area contributed by atoms with Gasteiger partial charge in [0.15, 0.2) is 0 Å². The lowest BCUT2D eigenvalue weighted by atomic mass is 10.0. The van der Waals surface area contributed by atoms with Crippen LogP contribution in [-0.4, -0.2) is 6.61 Å². The van der Waals surface area contributed by atoms with Crippen molar-refractivity contribution in [2.24, 2.45) is 5.92 Å². The van der Waals surface area contributed by atoms with E-state index in [9.17, 15) is 0 Å². The topological polar surface area (TPSA) is 9.23 Å². The lowest BCUT2D eigenvalue weighted by molar-refractivity contribution is 0.108. The van der Waals surface area contributed by atoms with E-state index >= 15 is 0 Å². The van der Waals surface area contributed by atoms with Gasteiger partial charge < -0.3 is 4.74 Å². The van der Waals surface area contributed by atoms with Gasteiger partial charge in [0.2, 0.25) is 0 Å². The summed E-state index contributed by atoms with van der Waals surface area (Å²) in [7, 11) is 0. The van der Waals surface area contributed by atoms with Gasteiger partial charge in [-0.05, 0) is 30.0 Å². The third kappa shape index (κ3) is 2.04. The third-order valence-corrected chi connectivity index (χ3v) is 2.69. The Bertz CT molecular complexity index is 281. The lowest BCUT2D eigenvalue weighted by Gasteiger charge is -2.08. The molecule has 2 unspecified atom stereocenters. The van der Waals surface area contributed by atoms with E-state index in [0.717, 1.165) is 18.1 Å². The second-order valence-electron chi connectivity index (χ2n) is 3.71. The number of ether oxygens (including phenoxy) is 1. The number of rotatable bonds is 1. The molecule has 0 saturated carbocycles. The van der Waals surface area contributed by atoms with Gasteiger partial charge in [-0.25, -0.2) is 0 Å². The molecular formula is C11H13ClO. The first-order valence-corrected chi connectivity index (χ1v) is 5.00. The number of halogens is 1. The van der Waals surface area contributed by atoms with Crippen LogP contribution in [0.15, 0.2) is 24.3 Å². The molecule has 0 radical (unpaired) electrons. The zero-order chi connectivity index (χ0) is 9.26. The molecule has 1 nitrogen and oxygen atoms in total. The Hall–Kier alpha value is -0.530. The molecule has 70 valence electrons. The van der Waals surface area contributed by atoms with E-state index in [-0.39, 0.29) is 6.10 Å². The van der Waals surface area contributed by atoms with Gasteiger partial charge in [-0.2, -0.15) is 0 Å². The summed E-state index contributed by atoms with van der Waals surface area (Å²) in [5.41, 5.74) is 1.24. The van der Waals surface area contributed by atoms with Gasteiger partial charge in [-0.3, -0.25) is 0 Å². The maximum absolute atomic E-state index is 5.81. The Kier molecular flexibility index (Phi) is 2.56. The quantitative estimate of drug-likeness (QED) is 0.669. The Balaban J connectivity index is 2.13. The van der Waals surface area contributed by atoms with Crippen molar-refractivity contribution >= 4 is 11.6 Å². The first kappa shape index (κ1) is 9.04. The zero-order valence-corrected chi connectivity index (χ0v) is 8.42. The summed E-state index contributed by atoms with van der Waals surface area (Å²) in [6, 6.07) is 7.93. The Morgan fingerprint density at radius 3 is 2.54 bits per heavy atom. The molecule has 0 aliphatic carbocycles. The molecule has 2 rings (SSSR count). The molecule has 2 heteroatoms. The molecule has 0 bridgehead atoms. The fraction of sp³-hybridized carbons (Fsp3) is 0.455. The summed E-state index contributed by atoms with van der Waals surface area (Å²) in [5.74, 6) is 0.681. The summed E-state index contributed by atoms with van der Waals surface area (Å²) in [5, 5.41) is 0.787. The minimum atomic E-state index is 0.285. The predicted octanol–water partition coefficient (Wildman–Crippen LogP) is 3.44. The van der Waals surface area contributed by atoms with Crippen molar-refractivity contribution in [1.82, 2.24) is 0 Å². The van der Waals surface area contributed by atoms with E-state index in [4.69, 9.17) is 16.3 Å². The van der Waals surface area contributed by atoms with Crippen molar-refractivity contribution < 1.29 is 4.74 Å². The van der Waals surface area contributed by atoms with E-state index in [1.165, 1.54) is 5.56 Å². The predicted molar refractivity (Wildman–Crippen MR) is 53.9 cm³/mol. The smallest absolute Gasteiger partial charge is 0.0828 e. The number of benzene rings is 1. The fourth-order valence-corrected chi connectivity index (χ4v) is 1.82. The molecule has 0 N–H and O–H groups in total. The van der Waals surface area contributed by atoms with Gasteiger partial charge in [0, 0.05) is 5.02 Å². The summed E-state index contributed by atoms with van der Waals surface area (Å²) in [4.78, 5) is 0. The van der Waals surface area contributed by atoms with Crippen LogP contribution in [0.5, 0.6) is 0 Å². The highest BCUT2D eigenvalue weighted by molar-refractivity contribution is 6.30. The molecule has 1 aliphatic rings. The first-order chi connectivity index (χ1) is 6.25. The second kappa shape index (κ2) is 3.69. The van der Waals surface area contributed by atoms with Crippen molar-refractivity contribution in [2.75, 3.05) is 6.61 Å². The monoisotopic (exact) mass is 196 g/mol. The van der Waals surface area contributed by atoms with Crippen LogP contribution < -0.4 is 0 Å². The molecular weight excluding hydrogens is 184 g/mol. The van der Waals surface area contributed by atoms with Crippen molar-refractivity contribution in [3.63, 3.8) is 0 Å². The molecule has 13 heavy (non-hydrogen) atoms. The normalized spacial score (nSPS) is 27.8. The summed E-state index contributed by atoms with van der Waals surface area (Å²) in [6.07, 6.45) is 1.41. The highest BCUT2D eigenvalue weighted by atomic mass is 35.5. The van der Waals surface area contributed by atoms with Crippen LogP contribution in [0.1, 0.15) is 25.0 Å². The van der Waals surface area contributed by atoms with Gasteiger partial charge in [0.05, 0.1) is 12.7 Å². The van der Waals surface area contributed by atoms with E-state index in [1.807, 2.05) is 24.3 Å². The maximum Gasteiger partial charge on any atom is 0.0828 e. The molecule has 1 saturated heterocycles. The van der Waals surface area contributed by atoms with E-state index in [0.29, 0.717) is 5.92 Å². The molecule has 2 atom stereocenters. The molecule has 0 aromatic heterocycles. The summed E-state index contributed by atoms with van der Waals surface area (Å²) < 4.78 is 5.65. The minimum Gasteiger partial charge on any atom is -0.373 e. The van der Waals surface area contributed by atoms with Crippen LogP contribution in [0.4, 0.5) is 0 Å². The fourth-order valence-electron chi connectivity index (χ4n) is 1.69. The number of hydrogen-bond donors (Lipinski definition) is 0. The molecule has 1 aliphatic heterocycles. The van der Waals surface area contributed by atoms with Gasteiger partial charge in [0.1, 0.15) is 0 Å². The standard InChI is InChI=1S/C11H13ClO/c1-8-6-11(13-7-8)9-2-4-10(12)5-3-9/h2-5,8,11H,6-7H2,1H3. The SMILES string of the molecule is CC1COC(c2ccc(Cl)cc2)C1. The zero-order valence-electron chi connectivity index (χ0n) is 7.66. The van der Waals surface area contributed by atoms with Crippen molar-refractivity contribution in [2.45, 2.75) is 19.4 Å². The molecule has 1 aromatic carbocycles. The van der Waals surface area contributed by atoms with Crippen molar-refractivity contribution in [3.05, 3.63) is 34.9 Å². The Labute approximate surface area is 83.7 Å². The Morgan fingerprint density at radius 1 is 1.31 bits per heavy atom. The van der Waals surface area contributed by atoms with Crippen LogP contribution in [0, 0.1) is 5.92 Å². The van der Waals surface area contributed by atoms with Crippen LogP contribution in [0.3, 0.4) is 0 Å². The summed E-state index contributed by atoms with van der Waals surface area (Å²) >= 11 is 5.81. The van der Waals surface area contributed by atoms with Crippen LogP contribution in [0.25, 0.3) is 0 Å². The van der Waals surface area contributed by atoms with Crippen molar-refractivity contribution in [3.8, 4) is 0 Å². The summed E-state index contributed by atoms with van der Waals surface area (Å²) in [6.45, 7) is 3.10. The average molecular weight is 197 g/mol. The maximum atomic E-state index is 5.81. The largest absolute Gasteiger partial charge is 0.373 e. The molecule has 1 fully saturated rings. The molecule has 1 aromatic rings. The third-order valence-electron chi connectivity index (χ3n) is 2.44. The van der Waals surface area contributed by atoms with E-state index in [1.54, 1.807) is 0 Å². The van der Waals surface area contributed by atoms with Crippen LogP contribution in [0.2, 0.25) is 5.02 Å². The van der Waals surface area contributed by atoms with Gasteiger partial charge >= 0.3 is 0 Å². The van der Waals surface area contributed by atoms with Crippen LogP contribution in [-0.2, 0) is 4.74 Å². The van der Waals surface area contributed by atoms with Gasteiger partial charge in [-0.1, -0.05) is 30.7 Å². The first-order valence-electron chi connectivity index (χ1n) is 4.63. The average Bonchev–Trinajstić information content (AvgIpc) is 2.53. The lowest BCUT2D eigenvalue weighted by Crippen LogP contribution is -1.94. The van der Waals surface area contributed by atoms with Crippen molar-refractivity contribution in [1.29, 1.82) is 0 Å². The highest BCUT2D eigenvalue weighted by Crippen LogP contribution is 2.32. The molecule has 1 heterocycles. The minimum absolute atomic E-state index is 0.285. The van der Waals surface area contributed by atoms with Gasteiger partial charge in [0.25, 0.3) is 0 Å². The van der Waals surface area contributed by atoms with E-state index < -0.39 is 0 Å². The highest BCUT2D eigenvalue weighted by Gasteiger charge is 2.22. The Morgan fingerprint density at radius 2 is 2.00 bits per heavy atom. The van der Waals surface area contributed by atoms with E-state index in [2.05, 4.69) is 6.92 Å². The molecule has 0 amide bonds. The van der Waals surface area contributed by atoms with Crippen LogP contribution >= 0.6 is 11.6 Å². The second-order valence-corrected chi connectivity index (χ2v) is 4.15. The molecule has 0 spiro atoms. The number of hydrogen-bond acceptors (Lipinski definition) is 1.